The number of rotatable bonds is 10. The van der Waals surface area contributed by atoms with Gasteiger partial charge < -0.3 is 24.0 Å². The largest absolute Gasteiger partial charge is 0.491 e. The summed E-state index contributed by atoms with van der Waals surface area (Å²) in [5.41, 5.74) is 3.16. The number of halogens is 1. The van der Waals surface area contributed by atoms with E-state index in [0.29, 0.717) is 54.0 Å². The molecular weight excluding hydrogens is 542 g/mol. The van der Waals surface area contributed by atoms with Crippen LogP contribution in [0, 0.1) is 18.3 Å². The van der Waals surface area contributed by atoms with Crippen molar-refractivity contribution in [3.8, 4) is 23.3 Å². The van der Waals surface area contributed by atoms with Crippen molar-refractivity contribution in [1.29, 1.82) is 5.26 Å². The zero-order valence-corrected chi connectivity index (χ0v) is 23.4. The summed E-state index contributed by atoms with van der Waals surface area (Å²) in [7, 11) is 0. The summed E-state index contributed by atoms with van der Waals surface area (Å²) in [6.45, 7) is 4.75. The lowest BCUT2D eigenvalue weighted by Crippen LogP contribution is -2.50. The van der Waals surface area contributed by atoms with Crippen LogP contribution in [-0.2, 0) is 17.9 Å². The number of carbonyl (C=O) groups is 1. The minimum atomic E-state index is -0.0864. The maximum Gasteiger partial charge on any atom is 0.241 e. The zero-order chi connectivity index (χ0) is 28.8. The Balaban J connectivity index is 1.29. The fourth-order valence-electron chi connectivity index (χ4n) is 4.80. The highest BCUT2D eigenvalue weighted by atomic mass is 35.5. The van der Waals surface area contributed by atoms with Crippen LogP contribution in [0.2, 0.25) is 5.02 Å². The number of nitriles is 1. The van der Waals surface area contributed by atoms with E-state index in [4.69, 9.17) is 26.2 Å². The molecule has 1 amide bonds. The fourth-order valence-corrected chi connectivity index (χ4v) is 4.99. The minimum Gasteiger partial charge on any atom is -0.491 e. The molecule has 0 bridgehead atoms. The molecule has 210 valence electrons. The Morgan fingerprint density at radius 3 is 2.66 bits per heavy atom. The van der Waals surface area contributed by atoms with Crippen LogP contribution in [0.4, 0.5) is 5.69 Å². The molecular formula is C31H30ClN5O4. The second-order valence-electron chi connectivity index (χ2n) is 9.71. The molecule has 41 heavy (non-hydrogen) atoms. The molecule has 4 aromatic rings. The zero-order valence-electron chi connectivity index (χ0n) is 22.7. The normalized spacial score (nSPS) is 13.7. The van der Waals surface area contributed by atoms with E-state index in [-0.39, 0.29) is 19.1 Å². The van der Waals surface area contributed by atoms with Crippen molar-refractivity contribution in [2.24, 2.45) is 0 Å². The average Bonchev–Trinajstić information content (AvgIpc) is 3.30. The number of aryl methyl sites for hydroxylation is 1. The molecule has 0 spiro atoms. The molecule has 0 unspecified atom stereocenters. The van der Waals surface area contributed by atoms with Gasteiger partial charge in [0.15, 0.2) is 0 Å². The molecule has 1 N–H and O–H groups in total. The summed E-state index contributed by atoms with van der Waals surface area (Å²) in [6.07, 6.45) is 1.85. The molecule has 1 saturated heterocycles. The molecule has 5 rings (SSSR count). The van der Waals surface area contributed by atoms with Crippen LogP contribution in [0.15, 0.2) is 72.9 Å². The summed E-state index contributed by atoms with van der Waals surface area (Å²) < 4.78 is 13.7. The van der Waals surface area contributed by atoms with Crippen LogP contribution >= 0.6 is 11.6 Å². The Labute approximate surface area is 243 Å². The van der Waals surface area contributed by atoms with E-state index >= 15 is 0 Å². The highest BCUT2D eigenvalue weighted by Gasteiger charge is 2.26. The minimum absolute atomic E-state index is 0.0287. The summed E-state index contributed by atoms with van der Waals surface area (Å²) in [5.74, 6) is 2.41. The van der Waals surface area contributed by atoms with E-state index in [9.17, 15) is 10.1 Å². The maximum absolute atomic E-state index is 13.0. The van der Waals surface area contributed by atoms with Crippen molar-refractivity contribution < 1.29 is 19.4 Å². The van der Waals surface area contributed by atoms with Crippen molar-refractivity contribution in [3.63, 3.8) is 0 Å². The molecule has 10 heteroatoms. The quantitative estimate of drug-likeness (QED) is 0.292. The Hall–Kier alpha value is -4.36. The third-order valence-electron chi connectivity index (χ3n) is 6.84. The van der Waals surface area contributed by atoms with Gasteiger partial charge in [-0.3, -0.25) is 9.69 Å². The average molecular weight is 572 g/mol. The second kappa shape index (κ2) is 12.9. The number of nitrogens with zero attached hydrogens (tertiary/aromatic N) is 5. The Kier molecular flexibility index (Phi) is 8.85. The number of carbonyl (C=O) groups excluding carboxylic acids is 1. The van der Waals surface area contributed by atoms with Gasteiger partial charge in [0.25, 0.3) is 0 Å². The van der Waals surface area contributed by atoms with E-state index in [0.717, 1.165) is 29.3 Å². The number of aliphatic hydroxyl groups excluding tert-OH is 1. The Bertz CT molecular complexity index is 1580. The molecule has 1 aliphatic heterocycles. The number of hydrogen-bond donors (Lipinski definition) is 1. The third-order valence-corrected chi connectivity index (χ3v) is 7.08. The summed E-state index contributed by atoms with van der Waals surface area (Å²) in [5, 5.41) is 19.3. The molecule has 0 saturated carbocycles. The van der Waals surface area contributed by atoms with Gasteiger partial charge >= 0.3 is 0 Å². The molecule has 0 atom stereocenters. The number of anilines is 1. The third kappa shape index (κ3) is 6.87. The van der Waals surface area contributed by atoms with Gasteiger partial charge in [0.1, 0.15) is 35.7 Å². The van der Waals surface area contributed by atoms with E-state index in [1.165, 1.54) is 0 Å². The highest BCUT2D eigenvalue weighted by Crippen LogP contribution is 2.29. The van der Waals surface area contributed by atoms with Crippen LogP contribution in [0.3, 0.4) is 0 Å². The second-order valence-corrected chi connectivity index (χ2v) is 10.1. The van der Waals surface area contributed by atoms with Gasteiger partial charge in [0.05, 0.1) is 24.4 Å². The molecule has 1 fully saturated rings. The Morgan fingerprint density at radius 1 is 1.05 bits per heavy atom. The van der Waals surface area contributed by atoms with Crippen molar-refractivity contribution in [2.75, 3.05) is 37.7 Å². The van der Waals surface area contributed by atoms with Gasteiger partial charge in [-0.05, 0) is 55.0 Å². The van der Waals surface area contributed by atoms with Crippen LogP contribution < -0.4 is 14.4 Å². The standard InChI is InChI=1S/C31H30ClN5O4/c1-22-34-18-27(20-35-10-11-36(31(39)21-35)26-5-2-4-25(32)15-26)37(22)19-23-8-9-24(17-33)30(14-23)41-29-7-3-6-28(16-29)40-13-12-38/h2-9,14-16,18,38H,10-13,19-21H2,1H3. The fraction of sp³-hybridized carbons (Fsp3) is 0.258. The number of amides is 1. The van der Waals surface area contributed by atoms with Gasteiger partial charge in [-0.15, -0.1) is 0 Å². The van der Waals surface area contributed by atoms with Gasteiger partial charge in [-0.25, -0.2) is 4.98 Å². The van der Waals surface area contributed by atoms with Gasteiger partial charge in [0.2, 0.25) is 5.91 Å². The molecule has 1 aliphatic rings. The maximum atomic E-state index is 13.0. The van der Waals surface area contributed by atoms with Gasteiger partial charge in [-0.2, -0.15) is 5.26 Å². The first-order valence-corrected chi connectivity index (χ1v) is 13.6. The van der Waals surface area contributed by atoms with Crippen LogP contribution in [0.5, 0.6) is 17.2 Å². The first kappa shape index (κ1) is 28.2. The molecule has 0 radical (unpaired) electrons. The van der Waals surface area contributed by atoms with Gasteiger partial charge in [0, 0.05) is 49.2 Å². The van der Waals surface area contributed by atoms with Crippen LogP contribution in [-0.4, -0.2) is 58.3 Å². The smallest absolute Gasteiger partial charge is 0.241 e. The van der Waals surface area contributed by atoms with Crippen molar-refractivity contribution in [2.45, 2.75) is 20.0 Å². The highest BCUT2D eigenvalue weighted by molar-refractivity contribution is 6.30. The Morgan fingerprint density at radius 2 is 1.88 bits per heavy atom. The SMILES string of the molecule is Cc1ncc(CN2CCN(c3cccc(Cl)c3)C(=O)C2)n1Cc1ccc(C#N)c(Oc2cccc(OCCO)c2)c1. The van der Waals surface area contributed by atoms with Crippen LogP contribution in [0.1, 0.15) is 22.6 Å². The topological polar surface area (TPSA) is 104 Å². The monoisotopic (exact) mass is 571 g/mol. The summed E-state index contributed by atoms with van der Waals surface area (Å²) in [4.78, 5) is 21.4. The number of imidazole rings is 1. The van der Waals surface area contributed by atoms with Crippen LogP contribution in [0.25, 0.3) is 0 Å². The number of aromatic nitrogens is 2. The molecule has 0 aliphatic carbocycles. The van der Waals surface area contributed by atoms with Gasteiger partial charge in [-0.1, -0.05) is 29.8 Å². The number of benzene rings is 3. The lowest BCUT2D eigenvalue weighted by atomic mass is 10.1. The molecule has 2 heterocycles. The predicted octanol–water partition coefficient (Wildman–Crippen LogP) is 4.78. The number of piperazine rings is 1. The summed E-state index contributed by atoms with van der Waals surface area (Å²) in [6, 6.07) is 22.1. The molecule has 3 aromatic carbocycles. The lowest BCUT2D eigenvalue weighted by Gasteiger charge is -2.34. The van der Waals surface area contributed by atoms with E-state index in [1.54, 1.807) is 41.3 Å². The number of aliphatic hydroxyl groups is 1. The first-order chi connectivity index (χ1) is 19.9. The van der Waals surface area contributed by atoms with E-state index in [1.807, 2.05) is 43.5 Å². The molecule has 9 nitrogen and oxygen atoms in total. The first-order valence-electron chi connectivity index (χ1n) is 13.3. The lowest BCUT2D eigenvalue weighted by molar-refractivity contribution is -0.121. The molecule has 1 aromatic heterocycles. The van der Waals surface area contributed by atoms with E-state index < -0.39 is 0 Å². The summed E-state index contributed by atoms with van der Waals surface area (Å²) >= 11 is 6.13. The van der Waals surface area contributed by atoms with E-state index in [2.05, 4.69) is 20.5 Å². The van der Waals surface area contributed by atoms with Crippen molar-refractivity contribution in [3.05, 3.63) is 101 Å². The number of ether oxygens (including phenoxy) is 2. The van der Waals surface area contributed by atoms with Crippen molar-refractivity contribution in [1.82, 2.24) is 14.5 Å². The van der Waals surface area contributed by atoms with Crippen molar-refractivity contribution >= 4 is 23.2 Å². The number of hydrogen-bond acceptors (Lipinski definition) is 7. The predicted molar refractivity (Wildman–Crippen MR) is 155 cm³/mol.